The summed E-state index contributed by atoms with van der Waals surface area (Å²) in [5, 5.41) is 13.0. The molecule has 1 nitrogen and oxygen atoms in total. The van der Waals surface area contributed by atoms with Crippen LogP contribution in [0.15, 0.2) is 152 Å². The van der Waals surface area contributed by atoms with E-state index in [-0.39, 0.29) is 0 Å². The van der Waals surface area contributed by atoms with E-state index >= 15 is 0 Å². The van der Waals surface area contributed by atoms with Gasteiger partial charge in [-0.3, -0.25) is 0 Å². The van der Waals surface area contributed by atoms with Gasteiger partial charge >= 0.3 is 0 Å². The van der Waals surface area contributed by atoms with E-state index in [4.69, 9.17) is 0 Å². The van der Waals surface area contributed by atoms with Crippen molar-refractivity contribution in [3.05, 3.63) is 152 Å². The fourth-order valence-corrected chi connectivity index (χ4v) is 8.88. The number of hydrogen-bond donors (Lipinski definition) is 0. The Kier molecular flexibility index (Phi) is 4.94. The number of rotatable bonds is 2. The van der Waals surface area contributed by atoms with Gasteiger partial charge in [0.2, 0.25) is 0 Å². The van der Waals surface area contributed by atoms with Crippen LogP contribution in [0.25, 0.3) is 91.1 Å². The molecule has 10 rings (SSSR count). The van der Waals surface area contributed by atoms with Crippen molar-refractivity contribution in [2.45, 2.75) is 0 Å². The van der Waals surface area contributed by atoms with Crippen LogP contribution in [-0.2, 0) is 0 Å². The molecule has 0 amide bonds. The minimum absolute atomic E-state index is 1.22. The molecular weight excluding hydrogens is 551 g/mol. The van der Waals surface area contributed by atoms with E-state index in [9.17, 15) is 0 Å². The molecule has 0 spiro atoms. The third kappa shape index (κ3) is 3.18. The SMILES string of the molecule is c1ccc(-c2cccc3c2sc2c4ccccc4c4c(c32)c2c3ccccc3ccc2n4-c2cccc3ccccc23)cc1. The van der Waals surface area contributed by atoms with Crippen LogP contribution >= 0.6 is 11.3 Å². The second-order valence-electron chi connectivity index (χ2n) is 11.6. The molecule has 0 N–H and O–H groups in total. The maximum absolute atomic E-state index is 2.55. The Morgan fingerprint density at radius 3 is 1.86 bits per heavy atom. The van der Waals surface area contributed by atoms with Crippen LogP contribution in [-0.4, -0.2) is 4.57 Å². The minimum atomic E-state index is 1.22. The maximum atomic E-state index is 2.55. The van der Waals surface area contributed by atoms with Gasteiger partial charge in [-0.1, -0.05) is 140 Å². The van der Waals surface area contributed by atoms with Crippen LogP contribution in [0.1, 0.15) is 0 Å². The van der Waals surface area contributed by atoms with E-state index in [1.807, 2.05) is 11.3 Å². The van der Waals surface area contributed by atoms with E-state index in [1.165, 1.54) is 91.1 Å². The third-order valence-corrected chi connectivity index (χ3v) is 10.6. The quantitative estimate of drug-likeness (QED) is 0.193. The van der Waals surface area contributed by atoms with Crippen LogP contribution in [0.3, 0.4) is 0 Å². The highest BCUT2D eigenvalue weighted by Crippen LogP contribution is 2.51. The summed E-state index contributed by atoms with van der Waals surface area (Å²) in [5.41, 5.74) is 6.29. The summed E-state index contributed by atoms with van der Waals surface area (Å²) < 4.78 is 5.25. The first-order chi connectivity index (χ1) is 21.9. The van der Waals surface area contributed by atoms with Gasteiger partial charge in [0.1, 0.15) is 0 Å². The van der Waals surface area contributed by atoms with Crippen molar-refractivity contribution in [2.75, 3.05) is 0 Å². The Hall–Kier alpha value is -5.44. The van der Waals surface area contributed by atoms with Gasteiger partial charge in [-0.15, -0.1) is 11.3 Å². The molecule has 44 heavy (non-hydrogen) atoms. The molecule has 0 aliphatic rings. The zero-order valence-electron chi connectivity index (χ0n) is 23.8. The molecular formula is C42H25NS. The smallest absolute Gasteiger partial charge is 0.0627 e. The fourth-order valence-electron chi connectivity index (χ4n) is 7.50. The van der Waals surface area contributed by atoms with Crippen molar-refractivity contribution in [1.29, 1.82) is 0 Å². The van der Waals surface area contributed by atoms with E-state index in [1.54, 1.807) is 0 Å². The highest BCUT2D eigenvalue weighted by molar-refractivity contribution is 7.27. The molecule has 0 bridgehead atoms. The summed E-state index contributed by atoms with van der Waals surface area (Å²) in [4.78, 5) is 0. The van der Waals surface area contributed by atoms with E-state index in [0.717, 1.165) is 0 Å². The van der Waals surface area contributed by atoms with E-state index in [0.29, 0.717) is 0 Å². The van der Waals surface area contributed by atoms with E-state index < -0.39 is 0 Å². The second-order valence-corrected chi connectivity index (χ2v) is 12.7. The molecule has 0 unspecified atom stereocenters. The number of benzene rings is 8. The molecule has 0 atom stereocenters. The van der Waals surface area contributed by atoms with Gasteiger partial charge in [-0.2, -0.15) is 0 Å². The van der Waals surface area contributed by atoms with Crippen LogP contribution in [0, 0.1) is 0 Å². The summed E-state index contributed by atoms with van der Waals surface area (Å²) in [7, 11) is 0. The number of fused-ring (bicyclic) bond motifs is 13. The Balaban J connectivity index is 1.53. The van der Waals surface area contributed by atoms with Crippen LogP contribution in [0.5, 0.6) is 0 Å². The van der Waals surface area contributed by atoms with Gasteiger partial charge in [0.25, 0.3) is 0 Å². The van der Waals surface area contributed by atoms with Crippen molar-refractivity contribution in [3.63, 3.8) is 0 Å². The number of nitrogens with zero attached hydrogens (tertiary/aromatic N) is 1. The van der Waals surface area contributed by atoms with Crippen LogP contribution in [0.4, 0.5) is 0 Å². The summed E-state index contributed by atoms with van der Waals surface area (Å²) >= 11 is 1.94. The summed E-state index contributed by atoms with van der Waals surface area (Å²) in [5.74, 6) is 0. The summed E-state index contributed by atoms with van der Waals surface area (Å²) in [6.45, 7) is 0. The number of thiophene rings is 1. The average molecular weight is 576 g/mol. The molecule has 204 valence electrons. The highest BCUT2D eigenvalue weighted by Gasteiger charge is 2.24. The first-order valence-electron chi connectivity index (χ1n) is 15.1. The van der Waals surface area contributed by atoms with Crippen molar-refractivity contribution >= 4 is 85.6 Å². The highest BCUT2D eigenvalue weighted by atomic mass is 32.1. The molecule has 2 heteroatoms. The van der Waals surface area contributed by atoms with Crippen molar-refractivity contribution < 1.29 is 0 Å². The zero-order valence-corrected chi connectivity index (χ0v) is 24.6. The first kappa shape index (κ1) is 24.0. The number of aromatic nitrogens is 1. The summed E-state index contributed by atoms with van der Waals surface area (Å²) in [6, 6.07) is 55.7. The normalized spacial score (nSPS) is 12.1. The van der Waals surface area contributed by atoms with Gasteiger partial charge in [-0.25, -0.2) is 0 Å². The van der Waals surface area contributed by atoms with Gasteiger partial charge in [0, 0.05) is 47.1 Å². The lowest BCUT2D eigenvalue weighted by molar-refractivity contribution is 1.21. The second kappa shape index (κ2) is 9.03. The predicted molar refractivity (Wildman–Crippen MR) is 192 cm³/mol. The molecule has 10 aromatic rings. The van der Waals surface area contributed by atoms with E-state index in [2.05, 4.69) is 156 Å². The topological polar surface area (TPSA) is 4.93 Å². The van der Waals surface area contributed by atoms with Gasteiger partial charge in [-0.05, 0) is 39.4 Å². The lowest BCUT2D eigenvalue weighted by Crippen LogP contribution is -1.96. The lowest BCUT2D eigenvalue weighted by Gasteiger charge is -2.13. The van der Waals surface area contributed by atoms with Crippen LogP contribution < -0.4 is 0 Å². The Bertz CT molecular complexity index is 2760. The monoisotopic (exact) mass is 575 g/mol. The standard InChI is InChI=1S/C42H25NS/c1-2-12-27(13-3-1)31-21-11-22-34-38-39-37-30-18-7-5-15-28(30)24-25-36(37)43(35-23-10-16-26-14-4-6-17-29(26)35)40(39)32-19-8-9-20-33(32)42(38)44-41(31)34/h1-25H. The largest absolute Gasteiger partial charge is 0.308 e. The lowest BCUT2D eigenvalue weighted by atomic mass is 9.96. The fraction of sp³-hybridized carbons (Fsp3) is 0. The Morgan fingerprint density at radius 1 is 0.386 bits per heavy atom. The Morgan fingerprint density at radius 2 is 1.02 bits per heavy atom. The molecule has 0 radical (unpaired) electrons. The van der Waals surface area contributed by atoms with Gasteiger partial charge < -0.3 is 4.57 Å². The molecule has 0 fully saturated rings. The first-order valence-corrected chi connectivity index (χ1v) is 15.9. The van der Waals surface area contributed by atoms with Crippen molar-refractivity contribution in [2.24, 2.45) is 0 Å². The van der Waals surface area contributed by atoms with Crippen molar-refractivity contribution in [3.8, 4) is 16.8 Å². The molecule has 2 heterocycles. The molecule has 0 saturated heterocycles. The molecule has 8 aromatic carbocycles. The van der Waals surface area contributed by atoms with Gasteiger partial charge in [0.05, 0.1) is 16.7 Å². The zero-order chi connectivity index (χ0) is 28.8. The van der Waals surface area contributed by atoms with Gasteiger partial charge in [0.15, 0.2) is 0 Å². The number of hydrogen-bond acceptors (Lipinski definition) is 1. The van der Waals surface area contributed by atoms with Crippen molar-refractivity contribution in [1.82, 2.24) is 4.57 Å². The Labute approximate surface area is 257 Å². The average Bonchev–Trinajstić information content (AvgIpc) is 3.65. The molecule has 2 aromatic heterocycles. The maximum Gasteiger partial charge on any atom is 0.0627 e. The molecule has 0 saturated carbocycles. The molecule has 0 aliphatic carbocycles. The predicted octanol–water partition coefficient (Wildman–Crippen LogP) is 12.3. The third-order valence-electron chi connectivity index (χ3n) is 9.34. The van der Waals surface area contributed by atoms with Crippen LogP contribution in [0.2, 0.25) is 0 Å². The summed E-state index contributed by atoms with van der Waals surface area (Å²) in [6.07, 6.45) is 0. The molecule has 0 aliphatic heterocycles. The minimum Gasteiger partial charge on any atom is -0.308 e.